The molecule has 1 amide bonds. The van der Waals surface area contributed by atoms with E-state index in [2.05, 4.69) is 24.1 Å². The molecule has 0 fully saturated rings. The van der Waals surface area contributed by atoms with Crippen LogP contribution in [-0.2, 0) is 27.3 Å². The number of methoxy groups -OCH3 is 1. The number of nitrogens with zero attached hydrogens (tertiary/aromatic N) is 2. The van der Waals surface area contributed by atoms with E-state index >= 15 is 0 Å². The summed E-state index contributed by atoms with van der Waals surface area (Å²) in [5.41, 5.74) is 1.63. The number of carbonyl (C=O) groups excluding carboxylic acids is 2. The fourth-order valence-corrected chi connectivity index (χ4v) is 2.96. The Balaban J connectivity index is 0.00000407. The predicted molar refractivity (Wildman–Crippen MR) is 125 cm³/mol. The van der Waals surface area contributed by atoms with Crippen LogP contribution in [0.1, 0.15) is 45.7 Å². The van der Waals surface area contributed by atoms with Crippen LogP contribution in [0.5, 0.6) is 0 Å². The van der Waals surface area contributed by atoms with Gasteiger partial charge in [0.25, 0.3) is 0 Å². The van der Waals surface area contributed by atoms with E-state index in [9.17, 15) is 9.59 Å². The quantitative estimate of drug-likeness (QED) is 0.394. The van der Waals surface area contributed by atoms with Crippen molar-refractivity contribution in [2.45, 2.75) is 47.6 Å². The van der Waals surface area contributed by atoms with E-state index in [1.54, 1.807) is 4.90 Å². The molecule has 0 bridgehead atoms. The maximum absolute atomic E-state index is 12.9. The summed E-state index contributed by atoms with van der Waals surface area (Å²) in [7, 11) is 1.34. The highest BCUT2D eigenvalue weighted by molar-refractivity contribution is 5.85. The van der Waals surface area contributed by atoms with Gasteiger partial charge in [-0.1, -0.05) is 71.0 Å². The molecular weight excluding hydrogens is 376 g/mol. The molecule has 0 heterocycles. The van der Waals surface area contributed by atoms with Crippen molar-refractivity contribution in [3.05, 3.63) is 60.7 Å². The topological polar surface area (TPSA) is 49.9 Å². The Hall–Kier alpha value is -2.40. The monoisotopic (exact) mass is 416 g/mol. The van der Waals surface area contributed by atoms with Crippen LogP contribution in [0.15, 0.2) is 49.6 Å². The van der Waals surface area contributed by atoms with Gasteiger partial charge in [0, 0.05) is 31.6 Å². The number of esters is 1. The SMILES string of the molecule is C=CCN(CC=C)CCc1ccccc1CN(CC(=O)OC)C(=O)C(C)(C)C.CC. The second-order valence-electron chi connectivity index (χ2n) is 7.84. The molecule has 168 valence electrons. The minimum atomic E-state index is -0.576. The van der Waals surface area contributed by atoms with E-state index in [0.29, 0.717) is 6.54 Å². The van der Waals surface area contributed by atoms with Crippen LogP contribution in [0.4, 0.5) is 0 Å². The van der Waals surface area contributed by atoms with Crippen LogP contribution in [0.3, 0.4) is 0 Å². The van der Waals surface area contributed by atoms with Gasteiger partial charge in [-0.25, -0.2) is 0 Å². The average Bonchev–Trinajstić information content (AvgIpc) is 2.72. The van der Waals surface area contributed by atoms with E-state index in [0.717, 1.165) is 37.2 Å². The molecule has 0 aliphatic heterocycles. The first kappa shape index (κ1) is 27.6. The summed E-state index contributed by atoms with van der Waals surface area (Å²) < 4.78 is 4.79. The summed E-state index contributed by atoms with van der Waals surface area (Å²) >= 11 is 0. The van der Waals surface area contributed by atoms with Gasteiger partial charge in [0.1, 0.15) is 6.54 Å². The fourth-order valence-electron chi connectivity index (χ4n) is 2.96. The standard InChI is InChI=1S/C23H34N2O3.C2H6/c1-7-14-24(15-8-2)16-13-19-11-9-10-12-20(19)17-25(18-21(26)28-6)22(27)23(3,4)5;1-2/h7-12H,1-2,13-18H2,3-6H3;1-2H3. The summed E-state index contributed by atoms with van der Waals surface area (Å²) in [5.74, 6) is -0.495. The van der Waals surface area contributed by atoms with Gasteiger partial charge < -0.3 is 9.64 Å². The second-order valence-corrected chi connectivity index (χ2v) is 7.84. The van der Waals surface area contributed by atoms with Gasteiger partial charge in [-0.3, -0.25) is 14.5 Å². The highest BCUT2D eigenvalue weighted by atomic mass is 16.5. The van der Waals surface area contributed by atoms with Gasteiger partial charge in [0.2, 0.25) is 5.91 Å². The van der Waals surface area contributed by atoms with E-state index in [4.69, 9.17) is 4.74 Å². The average molecular weight is 417 g/mol. The third-order valence-electron chi connectivity index (χ3n) is 4.43. The van der Waals surface area contributed by atoms with Gasteiger partial charge in [-0.05, 0) is 17.5 Å². The van der Waals surface area contributed by atoms with Crippen molar-refractivity contribution in [3.8, 4) is 0 Å². The first-order valence-corrected chi connectivity index (χ1v) is 10.6. The molecule has 1 aromatic carbocycles. The van der Waals surface area contributed by atoms with Crippen molar-refractivity contribution in [2.24, 2.45) is 5.41 Å². The smallest absolute Gasteiger partial charge is 0.325 e. The summed E-state index contributed by atoms with van der Waals surface area (Å²) in [6, 6.07) is 8.05. The molecule has 0 spiro atoms. The molecule has 0 N–H and O–H groups in total. The zero-order chi connectivity index (χ0) is 23.2. The van der Waals surface area contributed by atoms with Gasteiger partial charge in [0.05, 0.1) is 7.11 Å². The number of rotatable bonds is 11. The Morgan fingerprint density at radius 3 is 2.03 bits per heavy atom. The number of ether oxygens (including phenoxy) is 1. The van der Waals surface area contributed by atoms with Crippen LogP contribution in [0.25, 0.3) is 0 Å². The Kier molecular flexibility index (Phi) is 13.4. The molecule has 0 aliphatic rings. The van der Waals surface area contributed by atoms with E-state index in [1.807, 2.05) is 65.0 Å². The van der Waals surface area contributed by atoms with E-state index < -0.39 is 11.4 Å². The normalized spacial score (nSPS) is 10.6. The van der Waals surface area contributed by atoms with Gasteiger partial charge >= 0.3 is 5.97 Å². The lowest BCUT2D eigenvalue weighted by molar-refractivity contribution is -0.150. The van der Waals surface area contributed by atoms with Crippen molar-refractivity contribution < 1.29 is 14.3 Å². The van der Waals surface area contributed by atoms with Crippen LogP contribution in [-0.4, -0.2) is 55.0 Å². The van der Waals surface area contributed by atoms with Gasteiger partial charge in [-0.15, -0.1) is 13.2 Å². The third kappa shape index (κ3) is 9.88. The Bertz CT molecular complexity index is 667. The van der Waals surface area contributed by atoms with Crippen molar-refractivity contribution >= 4 is 11.9 Å². The highest BCUT2D eigenvalue weighted by Crippen LogP contribution is 2.21. The van der Waals surface area contributed by atoms with Crippen molar-refractivity contribution in [2.75, 3.05) is 33.3 Å². The largest absolute Gasteiger partial charge is 0.468 e. The molecule has 1 aromatic rings. The number of hydrogen-bond acceptors (Lipinski definition) is 4. The maximum Gasteiger partial charge on any atom is 0.325 e. The van der Waals surface area contributed by atoms with Crippen LogP contribution < -0.4 is 0 Å². The zero-order valence-corrected chi connectivity index (χ0v) is 19.7. The summed E-state index contributed by atoms with van der Waals surface area (Å²) in [6.07, 6.45) is 4.61. The highest BCUT2D eigenvalue weighted by Gasteiger charge is 2.29. The number of benzene rings is 1. The van der Waals surface area contributed by atoms with Crippen molar-refractivity contribution in [1.82, 2.24) is 9.80 Å². The van der Waals surface area contributed by atoms with Crippen LogP contribution in [0, 0.1) is 5.41 Å². The number of hydrogen-bond donors (Lipinski definition) is 0. The number of amides is 1. The zero-order valence-electron chi connectivity index (χ0n) is 19.7. The van der Waals surface area contributed by atoms with Crippen LogP contribution in [0.2, 0.25) is 0 Å². The second kappa shape index (κ2) is 14.6. The molecule has 1 rings (SSSR count). The van der Waals surface area contributed by atoms with E-state index in [1.165, 1.54) is 7.11 Å². The van der Waals surface area contributed by atoms with Crippen molar-refractivity contribution in [3.63, 3.8) is 0 Å². The number of carbonyl (C=O) groups is 2. The first-order chi connectivity index (χ1) is 14.2. The van der Waals surface area contributed by atoms with Gasteiger partial charge in [-0.2, -0.15) is 0 Å². The van der Waals surface area contributed by atoms with Crippen LogP contribution >= 0.6 is 0 Å². The minimum Gasteiger partial charge on any atom is -0.468 e. The Morgan fingerprint density at radius 2 is 1.57 bits per heavy atom. The Labute approximate surface area is 183 Å². The molecule has 0 aliphatic carbocycles. The molecule has 0 saturated carbocycles. The lowest BCUT2D eigenvalue weighted by Crippen LogP contribution is -2.42. The molecule has 0 radical (unpaired) electrons. The molecular formula is C25H40N2O3. The third-order valence-corrected chi connectivity index (χ3v) is 4.43. The maximum atomic E-state index is 12.9. The molecule has 0 unspecified atom stereocenters. The summed E-state index contributed by atoms with van der Waals surface area (Å²) in [5, 5.41) is 0. The van der Waals surface area contributed by atoms with Crippen molar-refractivity contribution in [1.29, 1.82) is 0 Å². The summed E-state index contributed by atoms with van der Waals surface area (Å²) in [6.45, 7) is 20.0. The molecule has 30 heavy (non-hydrogen) atoms. The molecule has 5 nitrogen and oxygen atoms in total. The minimum absolute atomic E-state index is 0.0556. The molecule has 0 saturated heterocycles. The lowest BCUT2D eigenvalue weighted by atomic mass is 9.94. The lowest BCUT2D eigenvalue weighted by Gasteiger charge is -2.29. The predicted octanol–water partition coefficient (Wildman–Crippen LogP) is 4.48. The molecule has 5 heteroatoms. The first-order valence-electron chi connectivity index (χ1n) is 10.6. The Morgan fingerprint density at radius 1 is 1.03 bits per heavy atom. The molecule has 0 atom stereocenters. The summed E-state index contributed by atoms with van der Waals surface area (Å²) in [4.78, 5) is 28.5. The fraction of sp³-hybridized carbons (Fsp3) is 0.520. The van der Waals surface area contributed by atoms with Gasteiger partial charge in [0.15, 0.2) is 0 Å². The van der Waals surface area contributed by atoms with E-state index in [-0.39, 0.29) is 12.5 Å². The molecule has 0 aromatic heterocycles.